The van der Waals surface area contributed by atoms with Crippen LogP contribution in [0.4, 0.5) is 0 Å². The standard InChI is InChI=1S/C18H17N5OS/c1-2-4-16-5-7-17(8-6-16)25(14-11-19-15-25)18-9-13-23(21-18)24-22-12-3-10-20-22/h2-3,5-15H,1,4H2. The lowest BCUT2D eigenvalue weighted by atomic mass is 10.2. The molecule has 0 radical (unpaired) electrons. The van der Waals surface area contributed by atoms with Crippen molar-refractivity contribution < 1.29 is 4.94 Å². The lowest BCUT2D eigenvalue weighted by molar-refractivity contribution is -0.0108. The minimum Gasteiger partial charge on any atom is -0.258 e. The Morgan fingerprint density at radius 2 is 2.00 bits per heavy atom. The number of aliphatic imine (C=N–C) groups is 1. The third kappa shape index (κ3) is 2.89. The van der Waals surface area contributed by atoms with Gasteiger partial charge < -0.3 is 0 Å². The average molecular weight is 351 g/mol. The van der Waals surface area contributed by atoms with E-state index in [9.17, 15) is 0 Å². The highest BCUT2D eigenvalue weighted by molar-refractivity contribution is 8.46. The largest absolute Gasteiger partial charge is 0.258 e. The summed E-state index contributed by atoms with van der Waals surface area (Å²) in [6.07, 6.45) is 9.73. The van der Waals surface area contributed by atoms with Gasteiger partial charge in [0.25, 0.3) is 0 Å². The van der Waals surface area contributed by atoms with E-state index >= 15 is 0 Å². The van der Waals surface area contributed by atoms with Crippen molar-refractivity contribution >= 4 is 15.6 Å². The van der Waals surface area contributed by atoms with E-state index in [0.29, 0.717) is 0 Å². The Morgan fingerprint density at radius 3 is 2.68 bits per heavy atom. The summed E-state index contributed by atoms with van der Waals surface area (Å²) in [7, 11) is -1.55. The molecule has 0 saturated carbocycles. The zero-order valence-corrected chi connectivity index (χ0v) is 14.3. The second-order valence-electron chi connectivity index (χ2n) is 5.43. The quantitative estimate of drug-likeness (QED) is 0.639. The Hall–Kier alpha value is -3.06. The highest BCUT2D eigenvalue weighted by Crippen LogP contribution is 2.62. The molecule has 1 aliphatic heterocycles. The van der Waals surface area contributed by atoms with Crippen molar-refractivity contribution in [1.29, 1.82) is 0 Å². The monoisotopic (exact) mass is 351 g/mol. The summed E-state index contributed by atoms with van der Waals surface area (Å²) in [5.74, 6) is 0. The van der Waals surface area contributed by atoms with Gasteiger partial charge in [-0.3, -0.25) is 4.99 Å². The summed E-state index contributed by atoms with van der Waals surface area (Å²) in [6.45, 7) is 3.79. The molecule has 1 aromatic carbocycles. The second-order valence-corrected chi connectivity index (χ2v) is 8.22. The summed E-state index contributed by atoms with van der Waals surface area (Å²) in [6, 6.07) is 12.3. The van der Waals surface area contributed by atoms with Crippen LogP contribution in [-0.4, -0.2) is 25.4 Å². The van der Waals surface area contributed by atoms with E-state index < -0.39 is 10.0 Å². The molecule has 0 amide bonds. The number of aromatic nitrogens is 4. The van der Waals surface area contributed by atoms with E-state index in [1.807, 2.05) is 23.9 Å². The van der Waals surface area contributed by atoms with Crippen LogP contribution in [0.3, 0.4) is 0 Å². The van der Waals surface area contributed by atoms with Crippen LogP contribution in [0.1, 0.15) is 5.56 Å². The number of nitrogens with zero attached hydrogens (tertiary/aromatic N) is 5. The van der Waals surface area contributed by atoms with E-state index in [1.54, 1.807) is 24.7 Å². The summed E-state index contributed by atoms with van der Waals surface area (Å²) < 4.78 is 0. The lowest BCUT2D eigenvalue weighted by Gasteiger charge is -2.28. The fraction of sp³-hybridized carbons (Fsp3) is 0.0556. The second kappa shape index (κ2) is 6.45. The van der Waals surface area contributed by atoms with Crippen LogP contribution >= 0.6 is 10.0 Å². The van der Waals surface area contributed by atoms with Crippen molar-refractivity contribution in [3.63, 3.8) is 0 Å². The van der Waals surface area contributed by atoms with Crippen molar-refractivity contribution in [2.75, 3.05) is 0 Å². The molecular weight excluding hydrogens is 334 g/mol. The Bertz CT molecular complexity index is 913. The number of hydrogen-bond donors (Lipinski definition) is 0. The molecule has 1 atom stereocenters. The molecule has 0 bridgehead atoms. The molecule has 0 saturated heterocycles. The predicted octanol–water partition coefficient (Wildman–Crippen LogP) is 3.44. The van der Waals surface area contributed by atoms with Gasteiger partial charge in [-0.2, -0.15) is 0 Å². The average Bonchev–Trinajstić information content (AvgIpc) is 3.38. The fourth-order valence-electron chi connectivity index (χ4n) is 2.60. The predicted molar refractivity (Wildman–Crippen MR) is 98.5 cm³/mol. The van der Waals surface area contributed by atoms with E-state index in [-0.39, 0.29) is 0 Å². The molecule has 6 nitrogen and oxygen atoms in total. The molecule has 3 aromatic rings. The van der Waals surface area contributed by atoms with E-state index in [0.717, 1.165) is 11.4 Å². The summed E-state index contributed by atoms with van der Waals surface area (Å²) in [5.41, 5.74) is 3.22. The SMILES string of the molecule is C=CCc1ccc(S2(c3ccn(On4cccn4)n3)C=CN=C2)cc1. The minimum absolute atomic E-state index is 0.860. The molecule has 25 heavy (non-hydrogen) atoms. The first-order valence-corrected chi connectivity index (χ1v) is 9.53. The number of rotatable bonds is 6. The van der Waals surface area contributed by atoms with Crippen molar-refractivity contribution in [1.82, 2.24) is 19.9 Å². The van der Waals surface area contributed by atoms with Crippen molar-refractivity contribution in [2.24, 2.45) is 4.99 Å². The van der Waals surface area contributed by atoms with Crippen LogP contribution in [0.25, 0.3) is 0 Å². The molecule has 0 fully saturated rings. The van der Waals surface area contributed by atoms with Gasteiger partial charge >= 0.3 is 0 Å². The van der Waals surface area contributed by atoms with Gasteiger partial charge in [0.15, 0.2) is 0 Å². The van der Waals surface area contributed by atoms with E-state index in [1.165, 1.54) is 20.1 Å². The number of benzene rings is 1. The normalized spacial score (nSPS) is 21.1. The van der Waals surface area contributed by atoms with Gasteiger partial charge in [0.05, 0.1) is 24.1 Å². The maximum atomic E-state index is 5.54. The van der Waals surface area contributed by atoms with Crippen molar-refractivity contribution in [3.8, 4) is 0 Å². The minimum atomic E-state index is -1.55. The lowest BCUT2D eigenvalue weighted by Crippen LogP contribution is -2.19. The van der Waals surface area contributed by atoms with Crippen LogP contribution in [0.2, 0.25) is 0 Å². The van der Waals surface area contributed by atoms with Crippen LogP contribution in [-0.2, 0) is 6.42 Å². The third-order valence-electron chi connectivity index (χ3n) is 3.82. The maximum Gasteiger partial charge on any atom is 0.117 e. The molecular formula is C18H17N5OS. The molecule has 4 rings (SSSR count). The van der Waals surface area contributed by atoms with Crippen molar-refractivity contribution in [2.45, 2.75) is 16.3 Å². The molecule has 1 aliphatic rings. The van der Waals surface area contributed by atoms with Gasteiger partial charge in [0.2, 0.25) is 0 Å². The third-order valence-corrected chi connectivity index (χ3v) is 6.78. The van der Waals surface area contributed by atoms with Gasteiger partial charge in [-0.25, -0.2) is 4.94 Å². The first-order valence-electron chi connectivity index (χ1n) is 7.77. The molecule has 3 heterocycles. The molecule has 2 aromatic heterocycles. The highest BCUT2D eigenvalue weighted by atomic mass is 32.3. The zero-order valence-electron chi connectivity index (χ0n) is 13.5. The zero-order chi connectivity index (χ0) is 17.1. The van der Waals surface area contributed by atoms with E-state index in [4.69, 9.17) is 4.94 Å². The van der Waals surface area contributed by atoms with Crippen LogP contribution in [0, 0.1) is 0 Å². The van der Waals surface area contributed by atoms with Gasteiger partial charge in [-0.15, -0.1) is 26.8 Å². The van der Waals surface area contributed by atoms with Crippen molar-refractivity contribution in [3.05, 3.63) is 84.8 Å². The van der Waals surface area contributed by atoms with Crippen LogP contribution in [0.5, 0.6) is 0 Å². The van der Waals surface area contributed by atoms with Crippen LogP contribution < -0.4 is 4.94 Å². The first-order chi connectivity index (χ1) is 12.3. The van der Waals surface area contributed by atoms with Gasteiger partial charge in [-0.1, -0.05) is 27.9 Å². The molecule has 0 aliphatic carbocycles. The van der Waals surface area contributed by atoms with Crippen LogP contribution in [0.15, 0.2) is 94.2 Å². The Kier molecular flexibility index (Phi) is 3.99. The summed E-state index contributed by atoms with van der Waals surface area (Å²) in [4.78, 5) is 13.8. The summed E-state index contributed by atoms with van der Waals surface area (Å²) >= 11 is 0. The Morgan fingerprint density at radius 1 is 1.12 bits per heavy atom. The highest BCUT2D eigenvalue weighted by Gasteiger charge is 2.29. The molecule has 1 unspecified atom stereocenters. The molecule has 126 valence electrons. The topological polar surface area (TPSA) is 57.2 Å². The van der Waals surface area contributed by atoms with Gasteiger partial charge in [0.1, 0.15) is 5.03 Å². The maximum absolute atomic E-state index is 5.54. The van der Waals surface area contributed by atoms with Gasteiger partial charge in [-0.05, 0) is 41.7 Å². The number of hydrogen-bond acceptors (Lipinski definition) is 4. The Labute approximate surface area is 147 Å². The van der Waals surface area contributed by atoms with Gasteiger partial charge in [0, 0.05) is 11.1 Å². The Balaban J connectivity index is 1.67. The first kappa shape index (κ1) is 15.5. The molecule has 0 spiro atoms. The molecule has 0 N–H and O–H groups in total. The smallest absolute Gasteiger partial charge is 0.117 e. The molecule has 7 heteroatoms. The summed E-state index contributed by atoms with van der Waals surface area (Å²) in [5, 5.41) is 11.6. The fourth-order valence-corrected chi connectivity index (χ4v) is 5.06. The number of allylic oxidation sites excluding steroid dienone is 1. The van der Waals surface area contributed by atoms with E-state index in [2.05, 4.69) is 51.4 Å².